The summed E-state index contributed by atoms with van der Waals surface area (Å²) in [5.41, 5.74) is 5.67. The van der Waals surface area contributed by atoms with E-state index in [1.807, 2.05) is 51.1 Å². The summed E-state index contributed by atoms with van der Waals surface area (Å²) in [5, 5.41) is 2.96. The third-order valence-electron chi connectivity index (χ3n) is 5.73. The normalized spacial score (nSPS) is 12.3. The molecule has 168 valence electrons. The maximum absolute atomic E-state index is 13.1. The van der Waals surface area contributed by atoms with E-state index in [9.17, 15) is 13.2 Å². The number of sulfonamides is 1. The van der Waals surface area contributed by atoms with Gasteiger partial charge in [-0.3, -0.25) is 9.52 Å². The molecule has 0 aliphatic carbocycles. The van der Waals surface area contributed by atoms with Crippen molar-refractivity contribution in [2.45, 2.75) is 52.0 Å². The molecule has 6 heteroatoms. The predicted molar refractivity (Wildman–Crippen MR) is 130 cm³/mol. The van der Waals surface area contributed by atoms with E-state index in [1.165, 1.54) is 11.6 Å². The summed E-state index contributed by atoms with van der Waals surface area (Å²) in [4.78, 5) is 12.9. The van der Waals surface area contributed by atoms with Crippen molar-refractivity contribution in [1.82, 2.24) is 5.32 Å². The first-order valence-corrected chi connectivity index (χ1v) is 12.2. The minimum atomic E-state index is -3.85. The van der Waals surface area contributed by atoms with Crippen LogP contribution in [0, 0.1) is 20.8 Å². The molecule has 0 saturated heterocycles. The smallest absolute Gasteiger partial charge is 0.262 e. The Morgan fingerprint density at radius 1 is 0.875 bits per heavy atom. The van der Waals surface area contributed by atoms with Gasteiger partial charge in [0.25, 0.3) is 15.9 Å². The zero-order valence-electron chi connectivity index (χ0n) is 19.2. The standard InChI is InChI=1S/C26H30N2O3S/c1-6-21-9-12-22(13-10-21)20(5)27-26(29)23-11-7-18(3)25(16-23)32(30,31)28-24-14-8-17(2)19(4)15-24/h7-16,20,28H,6H2,1-5H3,(H,27,29)/t20-/m1/s1. The molecule has 32 heavy (non-hydrogen) atoms. The second kappa shape index (κ2) is 9.57. The van der Waals surface area contributed by atoms with Crippen molar-refractivity contribution < 1.29 is 13.2 Å². The molecular formula is C26H30N2O3S. The van der Waals surface area contributed by atoms with Crippen molar-refractivity contribution in [2.24, 2.45) is 0 Å². The number of rotatable bonds is 7. The zero-order valence-corrected chi connectivity index (χ0v) is 20.0. The Morgan fingerprint density at radius 2 is 1.53 bits per heavy atom. The maximum atomic E-state index is 13.1. The lowest BCUT2D eigenvalue weighted by atomic mass is 10.0. The van der Waals surface area contributed by atoms with Gasteiger partial charge in [0.05, 0.1) is 10.9 Å². The molecule has 5 nitrogen and oxygen atoms in total. The second-order valence-corrected chi connectivity index (χ2v) is 9.83. The fraction of sp³-hybridized carbons (Fsp3) is 0.269. The highest BCUT2D eigenvalue weighted by atomic mass is 32.2. The first-order valence-electron chi connectivity index (χ1n) is 10.7. The van der Waals surface area contributed by atoms with Crippen LogP contribution in [-0.2, 0) is 16.4 Å². The lowest BCUT2D eigenvalue weighted by molar-refractivity contribution is 0.0939. The lowest BCUT2D eigenvalue weighted by Gasteiger charge is -2.16. The number of hydrogen-bond acceptors (Lipinski definition) is 3. The molecule has 3 aromatic carbocycles. The van der Waals surface area contributed by atoms with Gasteiger partial charge in [-0.05, 0) is 86.2 Å². The van der Waals surface area contributed by atoms with E-state index in [1.54, 1.807) is 31.2 Å². The van der Waals surface area contributed by atoms with Crippen molar-refractivity contribution in [3.05, 3.63) is 94.0 Å². The zero-order chi connectivity index (χ0) is 23.5. The van der Waals surface area contributed by atoms with Gasteiger partial charge in [-0.25, -0.2) is 8.42 Å². The summed E-state index contributed by atoms with van der Waals surface area (Å²) < 4.78 is 28.7. The first-order chi connectivity index (χ1) is 15.1. The van der Waals surface area contributed by atoms with Crippen LogP contribution >= 0.6 is 0 Å². The number of nitrogens with one attached hydrogen (secondary N) is 2. The van der Waals surface area contributed by atoms with E-state index in [0.717, 1.165) is 23.1 Å². The van der Waals surface area contributed by atoms with Gasteiger partial charge in [0, 0.05) is 11.3 Å². The van der Waals surface area contributed by atoms with Crippen LogP contribution in [0.4, 0.5) is 5.69 Å². The molecule has 3 rings (SSSR count). The summed E-state index contributed by atoms with van der Waals surface area (Å²) in [6.07, 6.45) is 0.956. The Labute approximate surface area is 190 Å². The summed E-state index contributed by atoms with van der Waals surface area (Å²) in [5.74, 6) is -0.320. The van der Waals surface area contributed by atoms with Crippen molar-refractivity contribution >= 4 is 21.6 Å². The number of carbonyl (C=O) groups excluding carboxylic acids is 1. The van der Waals surface area contributed by atoms with Gasteiger partial charge < -0.3 is 5.32 Å². The maximum Gasteiger partial charge on any atom is 0.262 e. The Morgan fingerprint density at radius 3 is 2.16 bits per heavy atom. The number of amides is 1. The highest BCUT2D eigenvalue weighted by molar-refractivity contribution is 7.92. The van der Waals surface area contributed by atoms with Gasteiger partial charge in [-0.2, -0.15) is 0 Å². The first kappa shape index (κ1) is 23.5. The summed E-state index contributed by atoms with van der Waals surface area (Å²) >= 11 is 0. The molecule has 0 aliphatic heterocycles. The van der Waals surface area contributed by atoms with E-state index in [-0.39, 0.29) is 16.8 Å². The molecule has 1 amide bonds. The molecule has 0 saturated carbocycles. The van der Waals surface area contributed by atoms with Gasteiger partial charge in [-0.1, -0.05) is 43.3 Å². The van der Waals surface area contributed by atoms with E-state index in [4.69, 9.17) is 0 Å². The van der Waals surface area contributed by atoms with Gasteiger partial charge in [0.2, 0.25) is 0 Å². The fourth-order valence-electron chi connectivity index (χ4n) is 3.45. The molecule has 0 fully saturated rings. The van der Waals surface area contributed by atoms with Crippen LogP contribution in [0.15, 0.2) is 65.6 Å². The summed E-state index contributed by atoms with van der Waals surface area (Å²) in [6.45, 7) is 9.62. The molecule has 2 N–H and O–H groups in total. The molecule has 3 aromatic rings. The minimum Gasteiger partial charge on any atom is -0.346 e. The van der Waals surface area contributed by atoms with Crippen LogP contribution in [0.2, 0.25) is 0 Å². The fourth-order valence-corrected chi connectivity index (χ4v) is 4.77. The Kier molecular flexibility index (Phi) is 7.04. The van der Waals surface area contributed by atoms with Gasteiger partial charge >= 0.3 is 0 Å². The highest BCUT2D eigenvalue weighted by Gasteiger charge is 2.20. The monoisotopic (exact) mass is 450 g/mol. The Bertz CT molecular complexity index is 1230. The Hall–Kier alpha value is -3.12. The number of carbonyl (C=O) groups is 1. The van der Waals surface area contributed by atoms with Crippen molar-refractivity contribution in [2.75, 3.05) is 4.72 Å². The van der Waals surface area contributed by atoms with E-state index >= 15 is 0 Å². The van der Waals surface area contributed by atoms with Crippen LogP contribution in [0.25, 0.3) is 0 Å². The molecule has 0 aromatic heterocycles. The second-order valence-electron chi connectivity index (χ2n) is 8.18. The largest absolute Gasteiger partial charge is 0.346 e. The third-order valence-corrected chi connectivity index (χ3v) is 7.26. The SMILES string of the molecule is CCc1ccc([C@@H](C)NC(=O)c2ccc(C)c(S(=O)(=O)Nc3ccc(C)c(C)c3)c2)cc1. The van der Waals surface area contributed by atoms with Crippen molar-refractivity contribution in [1.29, 1.82) is 0 Å². The molecule has 0 heterocycles. The molecule has 0 unspecified atom stereocenters. The number of hydrogen-bond donors (Lipinski definition) is 2. The summed E-state index contributed by atoms with van der Waals surface area (Å²) in [6, 6.07) is 18.0. The average Bonchev–Trinajstić information content (AvgIpc) is 2.76. The van der Waals surface area contributed by atoms with Crippen LogP contribution < -0.4 is 10.0 Å². The van der Waals surface area contributed by atoms with Gasteiger partial charge in [-0.15, -0.1) is 0 Å². The third kappa shape index (κ3) is 5.37. The molecular weight excluding hydrogens is 420 g/mol. The van der Waals surface area contributed by atoms with Crippen molar-refractivity contribution in [3.63, 3.8) is 0 Å². The molecule has 1 atom stereocenters. The summed E-state index contributed by atoms with van der Waals surface area (Å²) in [7, 11) is -3.85. The van der Waals surface area contributed by atoms with E-state index in [0.29, 0.717) is 16.8 Å². The Balaban J connectivity index is 1.81. The van der Waals surface area contributed by atoms with Crippen LogP contribution in [0.3, 0.4) is 0 Å². The average molecular weight is 451 g/mol. The molecule has 0 spiro atoms. The molecule has 0 aliphatic rings. The number of anilines is 1. The van der Waals surface area contributed by atoms with E-state index < -0.39 is 10.0 Å². The number of aryl methyl sites for hydroxylation is 4. The molecule has 0 bridgehead atoms. The number of benzene rings is 3. The predicted octanol–water partition coefficient (Wildman–Crippen LogP) is 5.47. The highest BCUT2D eigenvalue weighted by Crippen LogP contribution is 2.23. The van der Waals surface area contributed by atoms with Gasteiger partial charge in [0.15, 0.2) is 0 Å². The van der Waals surface area contributed by atoms with Crippen LogP contribution in [0.5, 0.6) is 0 Å². The van der Waals surface area contributed by atoms with Gasteiger partial charge in [0.1, 0.15) is 0 Å². The van der Waals surface area contributed by atoms with Crippen molar-refractivity contribution in [3.8, 4) is 0 Å². The van der Waals surface area contributed by atoms with E-state index in [2.05, 4.69) is 17.0 Å². The minimum absolute atomic E-state index is 0.0864. The lowest BCUT2D eigenvalue weighted by Crippen LogP contribution is -2.27. The quantitative estimate of drug-likeness (QED) is 0.501. The topological polar surface area (TPSA) is 75.3 Å². The van der Waals surface area contributed by atoms with Crippen LogP contribution in [0.1, 0.15) is 58.1 Å². The molecule has 0 radical (unpaired) electrons. The van der Waals surface area contributed by atoms with Crippen LogP contribution in [-0.4, -0.2) is 14.3 Å².